The number of phosphoric acid groups is 1. The van der Waals surface area contributed by atoms with Crippen LogP contribution in [0, 0.1) is 0 Å². The molecule has 0 aromatic rings. The molecule has 0 aliphatic carbocycles. The van der Waals surface area contributed by atoms with Crippen molar-refractivity contribution in [2.75, 3.05) is 0 Å². The molecule has 70 valence electrons. The average molecular weight is 218 g/mol. The van der Waals surface area contributed by atoms with Gasteiger partial charge in [-0.25, -0.2) is 9.13 Å². The summed E-state index contributed by atoms with van der Waals surface area (Å²) in [6.45, 7) is 0. The van der Waals surface area contributed by atoms with Crippen molar-refractivity contribution in [1.82, 2.24) is 0 Å². The second-order valence-electron chi connectivity index (χ2n) is 0.994. The van der Waals surface area contributed by atoms with Gasteiger partial charge in [0.1, 0.15) is 0 Å². The van der Waals surface area contributed by atoms with Crippen molar-refractivity contribution in [2.24, 2.45) is 0 Å². The minimum Gasteiger partial charge on any atom is -0.301 e. The van der Waals surface area contributed by atoms with Gasteiger partial charge in [-0.15, -0.1) is 8.39 Å². The zero-order chi connectivity index (χ0) is 9.71. The standard InChI is InChI=1S/F2HO2P.FH2O4P/c1-5(2,3)4;1-5-6(2,3)4/h(H,3,4);(H2,2,3,4). The number of hydrogen-bond donors (Lipinski definition) is 3. The Morgan fingerprint density at radius 2 is 1.18 bits per heavy atom. The first-order chi connectivity index (χ1) is 4.56. The van der Waals surface area contributed by atoms with Crippen molar-refractivity contribution in [3.05, 3.63) is 0 Å². The van der Waals surface area contributed by atoms with Crippen LogP contribution in [0.25, 0.3) is 0 Å². The van der Waals surface area contributed by atoms with Crippen LogP contribution in [-0.2, 0) is 13.9 Å². The molecule has 0 saturated heterocycles. The zero-order valence-electron chi connectivity index (χ0n) is 4.59. The molecule has 11 heteroatoms. The monoisotopic (exact) mass is 218 g/mol. The Bertz CT molecular complexity index is 168. The summed E-state index contributed by atoms with van der Waals surface area (Å²) in [5.74, 6) is 0. The summed E-state index contributed by atoms with van der Waals surface area (Å²) in [5, 5.41) is 0. The van der Waals surface area contributed by atoms with E-state index in [2.05, 4.69) is 4.73 Å². The van der Waals surface area contributed by atoms with E-state index in [1.807, 2.05) is 0 Å². The molecule has 11 heavy (non-hydrogen) atoms. The van der Waals surface area contributed by atoms with Crippen LogP contribution in [0.15, 0.2) is 0 Å². The van der Waals surface area contributed by atoms with Crippen molar-refractivity contribution >= 4 is 15.8 Å². The van der Waals surface area contributed by atoms with Gasteiger partial charge in [-0.05, 0) is 4.53 Å². The van der Waals surface area contributed by atoms with E-state index in [0.717, 1.165) is 0 Å². The third kappa shape index (κ3) is 69.2. The number of rotatable bonds is 1. The van der Waals surface area contributed by atoms with Crippen molar-refractivity contribution in [3.8, 4) is 0 Å². The predicted octanol–water partition coefficient (Wildman–Crippen LogP) is 1.01. The van der Waals surface area contributed by atoms with Crippen LogP contribution in [-0.4, -0.2) is 14.7 Å². The summed E-state index contributed by atoms with van der Waals surface area (Å²) < 4.78 is 50.1. The van der Waals surface area contributed by atoms with Crippen LogP contribution >= 0.6 is 15.8 Å². The quantitative estimate of drug-likeness (QED) is 0.567. The van der Waals surface area contributed by atoms with Gasteiger partial charge in [0.2, 0.25) is 0 Å². The maximum absolute atomic E-state index is 10.2. The number of halogens is 3. The van der Waals surface area contributed by atoms with E-state index in [1.165, 1.54) is 0 Å². The fourth-order valence-electron chi connectivity index (χ4n) is 0. The molecule has 0 spiro atoms. The van der Waals surface area contributed by atoms with Crippen LogP contribution in [0.2, 0.25) is 0 Å². The lowest BCUT2D eigenvalue weighted by Crippen LogP contribution is -1.71. The van der Waals surface area contributed by atoms with Gasteiger partial charge in [0.05, 0.1) is 0 Å². The van der Waals surface area contributed by atoms with Crippen LogP contribution in [0.1, 0.15) is 0 Å². The van der Waals surface area contributed by atoms with E-state index in [4.69, 9.17) is 23.8 Å². The zero-order valence-corrected chi connectivity index (χ0v) is 6.38. The van der Waals surface area contributed by atoms with Gasteiger partial charge in [-0.2, -0.15) is 0 Å². The molecule has 0 aliphatic rings. The molecule has 0 aliphatic heterocycles. The van der Waals surface area contributed by atoms with Crippen molar-refractivity contribution in [1.29, 1.82) is 0 Å². The van der Waals surface area contributed by atoms with Crippen LogP contribution in [0.3, 0.4) is 0 Å². The maximum Gasteiger partial charge on any atom is 0.549 e. The minimum absolute atomic E-state index is 2.10. The van der Waals surface area contributed by atoms with Gasteiger partial charge in [0.25, 0.3) is 0 Å². The summed E-state index contributed by atoms with van der Waals surface area (Å²) in [7, 11) is -10.5. The first-order valence-electron chi connectivity index (χ1n) is 1.64. The van der Waals surface area contributed by atoms with Gasteiger partial charge in [0, 0.05) is 0 Å². The lowest BCUT2D eigenvalue weighted by molar-refractivity contribution is -0.0389. The maximum atomic E-state index is 10.2. The molecule has 0 unspecified atom stereocenters. The summed E-state index contributed by atoms with van der Waals surface area (Å²) >= 11 is 0. The second kappa shape index (κ2) is 4.87. The largest absolute Gasteiger partial charge is 0.549 e. The molecule has 0 rings (SSSR count). The Labute approximate surface area is 58.4 Å². The first kappa shape index (κ1) is 13.7. The molecular weight excluding hydrogens is 215 g/mol. The molecule has 0 saturated carbocycles. The fraction of sp³-hybridized carbons (Fsp3) is 0. The predicted molar refractivity (Wildman–Crippen MR) is 26.3 cm³/mol. The van der Waals surface area contributed by atoms with Gasteiger partial charge >= 0.3 is 15.8 Å². The van der Waals surface area contributed by atoms with E-state index < -0.39 is 15.8 Å². The Morgan fingerprint density at radius 1 is 1.09 bits per heavy atom. The van der Waals surface area contributed by atoms with Gasteiger partial charge in [-0.3, -0.25) is 4.89 Å². The summed E-state index contributed by atoms with van der Waals surface area (Å²) in [6, 6.07) is 0. The smallest absolute Gasteiger partial charge is 0.301 e. The molecule has 0 amide bonds. The SMILES string of the molecule is O=P(O)(F)F.O=P(O)(O)OF. The van der Waals surface area contributed by atoms with Gasteiger partial charge in [-0.1, -0.05) is 4.73 Å². The highest BCUT2D eigenvalue weighted by atomic mass is 31.2. The van der Waals surface area contributed by atoms with E-state index in [0.29, 0.717) is 0 Å². The molecule has 0 bridgehead atoms. The van der Waals surface area contributed by atoms with Crippen LogP contribution in [0.4, 0.5) is 12.9 Å². The van der Waals surface area contributed by atoms with Crippen molar-refractivity contribution in [2.45, 2.75) is 0 Å². The van der Waals surface area contributed by atoms with Crippen molar-refractivity contribution < 1.29 is 41.5 Å². The molecular formula is H3F3O6P2. The third-order valence-electron chi connectivity index (χ3n) is 0.0899. The Kier molecular flexibility index (Phi) is 6.04. The molecule has 0 atom stereocenters. The molecule has 0 fully saturated rings. The highest BCUT2D eigenvalue weighted by Crippen LogP contribution is 2.43. The average Bonchev–Trinajstić information content (AvgIpc) is 1.59. The molecule has 0 aromatic carbocycles. The van der Waals surface area contributed by atoms with Gasteiger partial charge in [0.15, 0.2) is 0 Å². The Balaban J connectivity index is 0. The van der Waals surface area contributed by atoms with E-state index >= 15 is 0 Å². The Hall–Kier alpha value is 0.0900. The molecule has 0 heterocycles. The number of hydrogen-bond acceptors (Lipinski definition) is 3. The van der Waals surface area contributed by atoms with E-state index in [9.17, 15) is 12.9 Å². The second-order valence-corrected chi connectivity index (χ2v) is 2.98. The molecule has 0 aromatic heterocycles. The Morgan fingerprint density at radius 3 is 1.18 bits per heavy atom. The lowest BCUT2D eigenvalue weighted by atomic mass is 15.6. The highest BCUT2D eigenvalue weighted by molar-refractivity contribution is 7.46. The fourth-order valence-corrected chi connectivity index (χ4v) is 0. The van der Waals surface area contributed by atoms with Gasteiger partial charge < -0.3 is 9.79 Å². The van der Waals surface area contributed by atoms with Crippen LogP contribution < -0.4 is 0 Å². The minimum atomic E-state index is -5.64. The molecule has 3 N–H and O–H groups in total. The normalized spacial score (nSPS) is 11.8. The van der Waals surface area contributed by atoms with Crippen LogP contribution in [0.5, 0.6) is 0 Å². The summed E-state index contributed by atoms with van der Waals surface area (Å²) in [6.07, 6.45) is 0. The third-order valence-corrected chi connectivity index (χ3v) is 0.270. The summed E-state index contributed by atoms with van der Waals surface area (Å²) in [4.78, 5) is 21.4. The molecule has 0 radical (unpaired) electrons. The van der Waals surface area contributed by atoms with E-state index in [-0.39, 0.29) is 0 Å². The lowest BCUT2D eigenvalue weighted by Gasteiger charge is -1.87. The molecule has 6 nitrogen and oxygen atoms in total. The van der Waals surface area contributed by atoms with Crippen molar-refractivity contribution in [3.63, 3.8) is 0 Å². The highest BCUT2D eigenvalue weighted by Gasteiger charge is 2.12. The summed E-state index contributed by atoms with van der Waals surface area (Å²) in [5.41, 5.74) is 0. The first-order valence-corrected chi connectivity index (χ1v) is 4.61. The van der Waals surface area contributed by atoms with E-state index in [1.54, 1.807) is 0 Å². The topological polar surface area (TPSA) is 104 Å².